The normalized spacial score (nSPS) is 40.8. The number of likely N-dealkylation sites (N-methyl/N-ethyl adjacent to an activating group) is 1. The molecule has 1 saturated heterocycles. The molecule has 0 spiro atoms. The summed E-state index contributed by atoms with van der Waals surface area (Å²) in [6, 6.07) is 3.27. The summed E-state index contributed by atoms with van der Waals surface area (Å²) in [7, 11) is 2.15. The number of hydrogen-bond acceptors (Lipinski definition) is 7. The number of nitrogens with zero attached hydrogens (tertiary/aromatic N) is 2. The lowest BCUT2D eigenvalue weighted by Gasteiger charge is -2.63. The lowest BCUT2D eigenvalue weighted by atomic mass is 9.43. The first-order valence-corrected chi connectivity index (χ1v) is 16.9. The summed E-state index contributed by atoms with van der Waals surface area (Å²) >= 11 is 0. The van der Waals surface area contributed by atoms with Crippen LogP contribution in [-0.2, 0) is 4.79 Å². The summed E-state index contributed by atoms with van der Waals surface area (Å²) in [5.41, 5.74) is -1.01. The Hall–Kier alpha value is -2.43. The molecular weight excluding hydrogens is 560 g/mol. The number of rotatable bonds is 7. The van der Waals surface area contributed by atoms with E-state index in [4.69, 9.17) is 4.42 Å². The predicted molar refractivity (Wildman–Crippen MR) is 166 cm³/mol. The molecule has 0 unspecified atom stereocenters. The van der Waals surface area contributed by atoms with E-state index in [1.807, 2.05) is 0 Å². The van der Waals surface area contributed by atoms with Gasteiger partial charge in [-0.05, 0) is 105 Å². The van der Waals surface area contributed by atoms with Crippen molar-refractivity contribution in [3.8, 4) is 0 Å². The van der Waals surface area contributed by atoms with Crippen molar-refractivity contribution in [3.63, 3.8) is 0 Å². The van der Waals surface area contributed by atoms with E-state index in [0.717, 1.165) is 83.2 Å². The fourth-order valence-corrected chi connectivity index (χ4v) is 10.8. The average Bonchev–Trinajstić information content (AvgIpc) is 3.20. The van der Waals surface area contributed by atoms with Crippen molar-refractivity contribution in [1.82, 2.24) is 20.4 Å². The van der Waals surface area contributed by atoms with Crippen LogP contribution in [0.25, 0.3) is 0 Å². The highest BCUT2D eigenvalue weighted by Gasteiger charge is 2.69. The number of amides is 2. The Balaban J connectivity index is 1.11. The van der Waals surface area contributed by atoms with E-state index in [-0.39, 0.29) is 41.7 Å². The molecule has 244 valence electrons. The van der Waals surface area contributed by atoms with Crippen molar-refractivity contribution in [2.75, 3.05) is 46.3 Å². The number of carboxylic acids is 1. The van der Waals surface area contributed by atoms with E-state index in [9.17, 15) is 24.6 Å². The standard InChI is InChI=1S/C34H52N4O6/c1-32-10-8-25(36-31(42)35-12-13-38-16-14-37(3)15-17-38)19-24(32)5-6-27-26(32)9-11-33(2)30(22-4-7-29(41)44-21-22)23(18-28(39)40)20-34(27,33)43/h4,7,21,23-27,30,43H,5-6,8-20H2,1-3H3,(H,39,40)(H2,35,36,42)/t23-,24-,25+,26+,27-,30+,32+,33-,34+/m1/s1. The smallest absolute Gasteiger partial charge is 0.335 e. The van der Waals surface area contributed by atoms with E-state index in [2.05, 4.69) is 41.3 Å². The maximum Gasteiger partial charge on any atom is 0.335 e. The Kier molecular flexibility index (Phi) is 8.65. The van der Waals surface area contributed by atoms with E-state index in [0.29, 0.717) is 24.8 Å². The number of aliphatic carboxylic acids is 1. The molecular formula is C34H52N4O6. The molecule has 5 fully saturated rings. The second kappa shape index (κ2) is 12.1. The zero-order chi connectivity index (χ0) is 31.3. The molecule has 1 aromatic heterocycles. The summed E-state index contributed by atoms with van der Waals surface area (Å²) in [6.45, 7) is 10.3. The number of carbonyl (C=O) groups is 2. The third-order valence-corrected chi connectivity index (χ3v) is 13.2. The van der Waals surface area contributed by atoms with Crippen LogP contribution < -0.4 is 16.3 Å². The highest BCUT2D eigenvalue weighted by Crippen LogP contribution is 2.72. The lowest BCUT2D eigenvalue weighted by Crippen LogP contribution is -2.62. The first-order chi connectivity index (χ1) is 20.9. The minimum absolute atomic E-state index is 0.0102. The van der Waals surface area contributed by atoms with Crippen molar-refractivity contribution >= 4 is 12.0 Å². The van der Waals surface area contributed by atoms with Gasteiger partial charge in [-0.1, -0.05) is 13.8 Å². The number of fused-ring (bicyclic) bond motifs is 5. The summed E-state index contributed by atoms with van der Waals surface area (Å²) in [5, 5.41) is 28.9. The third kappa shape index (κ3) is 5.60. The van der Waals surface area contributed by atoms with Crippen molar-refractivity contribution in [2.24, 2.45) is 34.5 Å². The topological polar surface area (TPSA) is 135 Å². The number of nitrogens with one attached hydrogen (secondary N) is 2. The SMILES string of the molecule is CN1CCN(CCNC(=O)N[C@H]2CC[C@@]3(C)[C@H](CC[C@@H]4[C@@H]3CC[C@]3(C)[C@@H](c5ccc(=O)oc5)[C@H](CC(=O)O)C[C@]43O)C2)CC1. The van der Waals surface area contributed by atoms with Gasteiger partial charge in [0.05, 0.1) is 11.9 Å². The number of carboxylic acid groups (broad SMARTS) is 1. The van der Waals surface area contributed by atoms with Crippen LogP contribution in [0.1, 0.15) is 83.1 Å². The zero-order valence-electron chi connectivity index (χ0n) is 26.7. The van der Waals surface area contributed by atoms with Gasteiger partial charge in [0.1, 0.15) is 0 Å². The van der Waals surface area contributed by atoms with Crippen molar-refractivity contribution < 1.29 is 24.2 Å². The predicted octanol–water partition coefficient (Wildman–Crippen LogP) is 3.50. The van der Waals surface area contributed by atoms with Crippen molar-refractivity contribution in [2.45, 2.75) is 89.2 Å². The maximum atomic E-state index is 12.8. The largest absolute Gasteiger partial charge is 0.481 e. The molecule has 1 aromatic rings. The van der Waals surface area contributed by atoms with Crippen LogP contribution in [0.3, 0.4) is 0 Å². The molecule has 10 nitrogen and oxygen atoms in total. The Morgan fingerprint density at radius 2 is 1.82 bits per heavy atom. The Morgan fingerprint density at radius 1 is 1.05 bits per heavy atom. The van der Waals surface area contributed by atoms with Gasteiger partial charge in [0.15, 0.2) is 0 Å². The van der Waals surface area contributed by atoms with E-state index >= 15 is 0 Å². The third-order valence-electron chi connectivity index (χ3n) is 13.2. The molecule has 5 aliphatic rings. The van der Waals surface area contributed by atoms with Gasteiger partial charge in [-0.25, -0.2) is 9.59 Å². The molecule has 0 radical (unpaired) electrons. The molecule has 4 N–H and O–H groups in total. The molecule has 10 heteroatoms. The Labute approximate surface area is 260 Å². The van der Waals surface area contributed by atoms with Gasteiger partial charge >= 0.3 is 17.6 Å². The second-order valence-electron chi connectivity index (χ2n) is 15.3. The number of urea groups is 1. The van der Waals surface area contributed by atoms with Gasteiger partial charge in [-0.2, -0.15) is 0 Å². The number of carbonyl (C=O) groups excluding carboxylic acids is 1. The van der Waals surface area contributed by atoms with E-state index < -0.39 is 22.6 Å². The number of hydrogen-bond donors (Lipinski definition) is 4. The molecule has 0 bridgehead atoms. The number of piperazine rings is 1. The van der Waals surface area contributed by atoms with Gasteiger partial charge in [0.25, 0.3) is 0 Å². The molecule has 4 saturated carbocycles. The van der Waals surface area contributed by atoms with Crippen LogP contribution in [0.15, 0.2) is 27.6 Å². The fourth-order valence-electron chi connectivity index (χ4n) is 10.8. The van der Waals surface area contributed by atoms with Gasteiger partial charge in [-0.15, -0.1) is 0 Å². The van der Waals surface area contributed by atoms with Crippen LogP contribution in [0.2, 0.25) is 0 Å². The van der Waals surface area contributed by atoms with E-state index in [1.54, 1.807) is 6.07 Å². The van der Waals surface area contributed by atoms with E-state index in [1.165, 1.54) is 12.3 Å². The first-order valence-electron chi connectivity index (χ1n) is 16.9. The minimum Gasteiger partial charge on any atom is -0.481 e. The quantitative estimate of drug-likeness (QED) is 0.368. The van der Waals surface area contributed by atoms with Gasteiger partial charge in [0.2, 0.25) is 0 Å². The molecule has 2 heterocycles. The minimum atomic E-state index is -0.983. The molecule has 0 aromatic carbocycles. The molecule has 6 rings (SSSR count). The molecule has 4 aliphatic carbocycles. The van der Waals surface area contributed by atoms with Gasteiger partial charge in [0, 0.05) is 63.2 Å². The summed E-state index contributed by atoms with van der Waals surface area (Å²) < 4.78 is 5.24. The Bertz CT molecular complexity index is 1260. The Morgan fingerprint density at radius 3 is 2.52 bits per heavy atom. The van der Waals surface area contributed by atoms with Gasteiger partial charge in [-0.3, -0.25) is 9.69 Å². The van der Waals surface area contributed by atoms with Crippen molar-refractivity contribution in [1.29, 1.82) is 0 Å². The van der Waals surface area contributed by atoms with Crippen molar-refractivity contribution in [3.05, 3.63) is 34.4 Å². The second-order valence-corrected chi connectivity index (χ2v) is 15.3. The molecule has 2 amide bonds. The van der Waals surface area contributed by atoms with Crippen LogP contribution >= 0.6 is 0 Å². The monoisotopic (exact) mass is 612 g/mol. The highest BCUT2D eigenvalue weighted by molar-refractivity contribution is 5.74. The van der Waals surface area contributed by atoms with Crippen LogP contribution in [0.5, 0.6) is 0 Å². The molecule has 1 aliphatic heterocycles. The summed E-state index contributed by atoms with van der Waals surface area (Å²) in [6.07, 6.45) is 8.58. The molecule has 44 heavy (non-hydrogen) atoms. The van der Waals surface area contributed by atoms with Crippen LogP contribution in [-0.4, -0.2) is 90.0 Å². The fraction of sp³-hybridized carbons (Fsp3) is 0.794. The summed E-state index contributed by atoms with van der Waals surface area (Å²) in [5.74, 6) is -0.331. The summed E-state index contributed by atoms with van der Waals surface area (Å²) in [4.78, 5) is 41.3. The van der Waals surface area contributed by atoms with Crippen LogP contribution in [0.4, 0.5) is 4.79 Å². The van der Waals surface area contributed by atoms with Gasteiger partial charge < -0.3 is 30.2 Å². The zero-order valence-corrected chi connectivity index (χ0v) is 26.7. The maximum absolute atomic E-state index is 12.8. The average molecular weight is 613 g/mol. The molecule has 9 atom stereocenters. The number of aliphatic hydroxyl groups is 1. The lowest BCUT2D eigenvalue weighted by molar-refractivity contribution is -0.202. The van der Waals surface area contributed by atoms with Crippen LogP contribution in [0, 0.1) is 34.5 Å². The first kappa shape index (κ1) is 31.5. The highest BCUT2D eigenvalue weighted by atomic mass is 16.4.